The number of anilines is 1. The Labute approximate surface area is 184 Å². The van der Waals surface area contributed by atoms with Crippen molar-refractivity contribution in [2.45, 2.75) is 31.8 Å². The van der Waals surface area contributed by atoms with Crippen LogP contribution in [0, 0.1) is 0 Å². The molecule has 1 heterocycles. The second kappa shape index (κ2) is 9.48. The van der Waals surface area contributed by atoms with Gasteiger partial charge in [-0.3, -0.25) is 14.0 Å². The van der Waals surface area contributed by atoms with E-state index in [1.165, 1.54) is 23.6 Å². The minimum absolute atomic E-state index is 0.0449. The summed E-state index contributed by atoms with van der Waals surface area (Å²) < 4.78 is 30.3. The fourth-order valence-electron chi connectivity index (χ4n) is 4.17. The number of hydrogen-bond donors (Lipinski definition) is 1. The van der Waals surface area contributed by atoms with E-state index in [-0.39, 0.29) is 18.9 Å². The minimum Gasteiger partial charge on any atom is -0.324 e. The van der Waals surface area contributed by atoms with Gasteiger partial charge in [0.25, 0.3) is 0 Å². The summed E-state index contributed by atoms with van der Waals surface area (Å²) >= 11 is 0. The maximum absolute atomic E-state index is 13.6. The molecule has 4 rings (SSSR count). The van der Waals surface area contributed by atoms with Crippen molar-refractivity contribution in [2.75, 3.05) is 37.0 Å². The Morgan fingerprint density at radius 3 is 2.16 bits per heavy atom. The number of benzene rings is 2. The number of ketones is 1. The van der Waals surface area contributed by atoms with Gasteiger partial charge in [-0.15, -0.1) is 0 Å². The normalized spacial score (nSPS) is 18.5. The Kier molecular flexibility index (Phi) is 6.71. The number of hydrogen-bond acceptors (Lipinski definition) is 5. The van der Waals surface area contributed by atoms with Crippen LogP contribution >= 0.6 is 0 Å². The standard InChI is InChI=1S/C23H30N4O3S/c24-17-23(28)20-11-9-19(10-12-20)18-27(22-5-2-1-3-6-22)31(29,30)26-15-13-25(14-16-26)21-7-4-8-21/h1-3,5-6,9-12,21H,4,7-8,13-18,24H2. The Balaban J connectivity index is 1.54. The molecule has 0 spiro atoms. The van der Waals surface area contributed by atoms with Gasteiger partial charge in [0, 0.05) is 37.8 Å². The van der Waals surface area contributed by atoms with E-state index in [4.69, 9.17) is 5.73 Å². The molecule has 0 aromatic heterocycles. The zero-order valence-corrected chi connectivity index (χ0v) is 18.5. The first-order valence-electron chi connectivity index (χ1n) is 10.9. The predicted molar refractivity (Wildman–Crippen MR) is 122 cm³/mol. The van der Waals surface area contributed by atoms with Crippen LogP contribution in [0.25, 0.3) is 0 Å². The number of nitrogens with two attached hydrogens (primary N) is 1. The van der Waals surface area contributed by atoms with Crippen molar-refractivity contribution in [1.82, 2.24) is 9.21 Å². The number of Topliss-reactive ketones (excluding diaryl/α,β-unsaturated/α-hetero) is 1. The van der Waals surface area contributed by atoms with Crippen LogP contribution in [0.4, 0.5) is 5.69 Å². The second-order valence-electron chi connectivity index (χ2n) is 8.19. The summed E-state index contributed by atoms with van der Waals surface area (Å²) in [6, 6.07) is 16.8. The average molecular weight is 443 g/mol. The average Bonchev–Trinajstić information content (AvgIpc) is 2.77. The van der Waals surface area contributed by atoms with Gasteiger partial charge in [-0.1, -0.05) is 48.9 Å². The first-order chi connectivity index (χ1) is 15.0. The molecule has 2 aromatic rings. The molecule has 1 aliphatic heterocycles. The van der Waals surface area contributed by atoms with Crippen molar-refractivity contribution >= 4 is 21.7 Å². The Morgan fingerprint density at radius 2 is 1.61 bits per heavy atom. The molecule has 2 aliphatic rings. The molecular formula is C23H30N4O3S. The number of para-hydroxylation sites is 1. The molecule has 1 aliphatic carbocycles. The second-order valence-corrected chi connectivity index (χ2v) is 10.0. The summed E-state index contributed by atoms with van der Waals surface area (Å²) in [5.41, 5.74) is 7.41. The van der Waals surface area contributed by atoms with Crippen LogP contribution in [-0.2, 0) is 16.8 Å². The van der Waals surface area contributed by atoms with Crippen molar-refractivity contribution in [3.63, 3.8) is 0 Å². The van der Waals surface area contributed by atoms with Crippen LogP contribution in [0.2, 0.25) is 0 Å². The molecule has 2 N–H and O–H groups in total. The highest BCUT2D eigenvalue weighted by Gasteiger charge is 2.35. The highest BCUT2D eigenvalue weighted by Crippen LogP contribution is 2.28. The summed E-state index contributed by atoms with van der Waals surface area (Å²) in [7, 11) is -3.69. The molecule has 2 aromatic carbocycles. The maximum atomic E-state index is 13.6. The van der Waals surface area contributed by atoms with Gasteiger partial charge in [0.05, 0.1) is 18.8 Å². The zero-order chi connectivity index (χ0) is 21.8. The topological polar surface area (TPSA) is 86.9 Å². The summed E-state index contributed by atoms with van der Waals surface area (Å²) in [5.74, 6) is -0.136. The predicted octanol–water partition coefficient (Wildman–Crippen LogP) is 2.25. The molecule has 2 fully saturated rings. The van der Waals surface area contributed by atoms with Crippen molar-refractivity contribution < 1.29 is 13.2 Å². The van der Waals surface area contributed by atoms with Gasteiger partial charge in [-0.05, 0) is 30.5 Å². The van der Waals surface area contributed by atoms with E-state index in [0.29, 0.717) is 30.4 Å². The lowest BCUT2D eigenvalue weighted by Crippen LogP contribution is -2.56. The van der Waals surface area contributed by atoms with Crippen LogP contribution in [0.15, 0.2) is 54.6 Å². The van der Waals surface area contributed by atoms with Gasteiger partial charge in [0.2, 0.25) is 0 Å². The third-order valence-electron chi connectivity index (χ3n) is 6.30. The first kappa shape index (κ1) is 22.0. The fourth-order valence-corrected chi connectivity index (χ4v) is 5.77. The highest BCUT2D eigenvalue weighted by molar-refractivity contribution is 7.90. The molecule has 0 unspecified atom stereocenters. The Bertz CT molecular complexity index is 983. The molecule has 1 saturated carbocycles. The monoisotopic (exact) mass is 442 g/mol. The molecule has 0 amide bonds. The molecule has 0 bridgehead atoms. The quantitative estimate of drug-likeness (QED) is 0.634. The molecule has 7 nitrogen and oxygen atoms in total. The van der Waals surface area contributed by atoms with Crippen LogP contribution in [0.1, 0.15) is 35.2 Å². The van der Waals surface area contributed by atoms with E-state index >= 15 is 0 Å². The third-order valence-corrected chi connectivity index (χ3v) is 8.22. The van der Waals surface area contributed by atoms with Crippen LogP contribution in [-0.4, -0.2) is 62.2 Å². The van der Waals surface area contributed by atoms with E-state index in [9.17, 15) is 13.2 Å². The van der Waals surface area contributed by atoms with Gasteiger partial charge in [0.1, 0.15) is 0 Å². The first-order valence-corrected chi connectivity index (χ1v) is 12.3. The molecule has 8 heteroatoms. The van der Waals surface area contributed by atoms with Crippen LogP contribution in [0.5, 0.6) is 0 Å². The maximum Gasteiger partial charge on any atom is 0.304 e. The number of rotatable bonds is 8. The molecule has 0 atom stereocenters. The Morgan fingerprint density at radius 1 is 0.968 bits per heavy atom. The van der Waals surface area contributed by atoms with Gasteiger partial charge in [-0.2, -0.15) is 12.7 Å². The molecule has 166 valence electrons. The largest absolute Gasteiger partial charge is 0.324 e. The minimum atomic E-state index is -3.69. The third kappa shape index (κ3) is 4.82. The molecular weight excluding hydrogens is 412 g/mol. The van der Waals surface area contributed by atoms with Crippen molar-refractivity contribution in [3.8, 4) is 0 Å². The van der Waals surface area contributed by atoms with Crippen LogP contribution < -0.4 is 10.0 Å². The lowest BCUT2D eigenvalue weighted by atomic mass is 9.91. The lowest BCUT2D eigenvalue weighted by molar-refractivity contribution is 0.0888. The van der Waals surface area contributed by atoms with E-state index in [1.807, 2.05) is 30.3 Å². The SMILES string of the molecule is NCC(=O)c1ccc(CN(c2ccccc2)S(=O)(=O)N2CCN(C3CCC3)CC2)cc1. The fraction of sp³-hybridized carbons (Fsp3) is 0.435. The zero-order valence-electron chi connectivity index (χ0n) is 17.7. The van der Waals surface area contributed by atoms with Gasteiger partial charge >= 0.3 is 10.2 Å². The number of carbonyl (C=O) groups excluding carboxylic acids is 1. The molecule has 1 saturated heterocycles. The van der Waals surface area contributed by atoms with Crippen molar-refractivity contribution in [1.29, 1.82) is 0 Å². The van der Waals surface area contributed by atoms with E-state index in [0.717, 1.165) is 18.7 Å². The molecule has 31 heavy (non-hydrogen) atoms. The van der Waals surface area contributed by atoms with Gasteiger partial charge in [0.15, 0.2) is 5.78 Å². The van der Waals surface area contributed by atoms with Gasteiger partial charge in [-0.25, -0.2) is 0 Å². The number of carbonyl (C=O) groups is 1. The smallest absolute Gasteiger partial charge is 0.304 e. The number of nitrogens with zero attached hydrogens (tertiary/aromatic N) is 3. The van der Waals surface area contributed by atoms with E-state index < -0.39 is 10.2 Å². The lowest BCUT2D eigenvalue weighted by Gasteiger charge is -2.43. The Hall–Kier alpha value is -2.26. The summed E-state index contributed by atoms with van der Waals surface area (Å²) in [6.45, 7) is 2.73. The summed E-state index contributed by atoms with van der Waals surface area (Å²) in [4.78, 5) is 14.2. The number of piperazine rings is 1. The van der Waals surface area contributed by atoms with Crippen LogP contribution in [0.3, 0.4) is 0 Å². The highest BCUT2D eigenvalue weighted by atomic mass is 32.2. The van der Waals surface area contributed by atoms with Gasteiger partial charge < -0.3 is 5.73 Å². The van der Waals surface area contributed by atoms with Crippen molar-refractivity contribution in [2.24, 2.45) is 5.73 Å². The van der Waals surface area contributed by atoms with E-state index in [2.05, 4.69) is 4.90 Å². The van der Waals surface area contributed by atoms with E-state index in [1.54, 1.807) is 28.6 Å². The molecule has 0 radical (unpaired) electrons. The van der Waals surface area contributed by atoms with Crippen molar-refractivity contribution in [3.05, 3.63) is 65.7 Å². The summed E-state index contributed by atoms with van der Waals surface area (Å²) in [5, 5.41) is 0. The summed E-state index contributed by atoms with van der Waals surface area (Å²) in [6.07, 6.45) is 3.73.